The third-order valence-electron chi connectivity index (χ3n) is 5.18. The van der Waals surface area contributed by atoms with Crippen molar-refractivity contribution < 1.29 is 14.6 Å². The molecule has 0 bridgehead atoms. The summed E-state index contributed by atoms with van der Waals surface area (Å²) in [6.07, 6.45) is 0.602. The maximum absolute atomic E-state index is 12.9. The molecule has 2 aromatic rings. The van der Waals surface area contributed by atoms with Crippen LogP contribution < -0.4 is 5.46 Å². The van der Waals surface area contributed by atoms with Crippen molar-refractivity contribution in [2.45, 2.75) is 50.9 Å². The van der Waals surface area contributed by atoms with E-state index in [0.717, 1.165) is 11.1 Å². The van der Waals surface area contributed by atoms with Crippen LogP contribution in [0.5, 0.6) is 0 Å². The Labute approximate surface area is 162 Å². The van der Waals surface area contributed by atoms with Crippen LogP contribution in [0, 0.1) is 0 Å². The third-order valence-corrected chi connectivity index (χ3v) is 5.18. The highest BCUT2D eigenvalue weighted by atomic mass is 16.6. The van der Waals surface area contributed by atoms with E-state index in [1.165, 1.54) is 0 Å². The van der Waals surface area contributed by atoms with Crippen LogP contribution in [-0.4, -0.2) is 36.1 Å². The maximum Gasteiger partial charge on any atom is 0.411 e. The van der Waals surface area contributed by atoms with E-state index in [0.29, 0.717) is 24.8 Å². The number of carbonyl (C=O) groups is 1. The van der Waals surface area contributed by atoms with Gasteiger partial charge < -0.3 is 14.7 Å². The lowest BCUT2D eigenvalue weighted by Gasteiger charge is -2.45. The number of benzene rings is 2. The van der Waals surface area contributed by atoms with E-state index in [1.54, 1.807) is 18.7 Å². The standard InChI is InChI=1S/C22H26BNO3/c1-16(17-9-11-19(23)12-10-17)24-14-13-22(27-20(24)25,15-21(2,3)26)18-7-5-4-6-8-18/h4-12,16,26H,13-15H2,1-3H3/t16-,22?/m0/s1. The molecule has 2 radical (unpaired) electrons. The van der Waals surface area contributed by atoms with Gasteiger partial charge in [-0.1, -0.05) is 60.1 Å². The van der Waals surface area contributed by atoms with Gasteiger partial charge in [0, 0.05) is 19.4 Å². The van der Waals surface area contributed by atoms with Crippen LogP contribution in [-0.2, 0) is 10.3 Å². The minimum absolute atomic E-state index is 0.117. The summed E-state index contributed by atoms with van der Waals surface area (Å²) in [7, 11) is 5.76. The van der Waals surface area contributed by atoms with Crippen LogP contribution >= 0.6 is 0 Å². The Morgan fingerprint density at radius 3 is 2.37 bits per heavy atom. The highest BCUT2D eigenvalue weighted by Crippen LogP contribution is 2.42. The normalized spacial score (nSPS) is 21.6. The fraction of sp³-hybridized carbons (Fsp3) is 0.409. The first-order valence-electron chi connectivity index (χ1n) is 9.33. The van der Waals surface area contributed by atoms with Crippen molar-refractivity contribution in [3.63, 3.8) is 0 Å². The minimum atomic E-state index is -0.957. The number of nitrogens with zero attached hydrogens (tertiary/aromatic N) is 1. The first-order chi connectivity index (χ1) is 12.7. The molecule has 1 N–H and O–H groups in total. The van der Waals surface area contributed by atoms with E-state index < -0.39 is 11.2 Å². The average Bonchev–Trinajstić information content (AvgIpc) is 2.61. The number of hydrogen-bond acceptors (Lipinski definition) is 3. The Hall–Kier alpha value is -2.27. The molecular weight excluding hydrogens is 337 g/mol. The molecule has 1 amide bonds. The lowest BCUT2D eigenvalue weighted by Crippen LogP contribution is -2.51. The third kappa shape index (κ3) is 4.36. The molecule has 1 aliphatic rings. The highest BCUT2D eigenvalue weighted by Gasteiger charge is 2.46. The Morgan fingerprint density at radius 1 is 1.19 bits per heavy atom. The van der Waals surface area contributed by atoms with E-state index in [1.807, 2.05) is 61.5 Å². The van der Waals surface area contributed by atoms with Crippen LogP contribution in [0.1, 0.15) is 50.8 Å². The summed E-state index contributed by atoms with van der Waals surface area (Å²) in [5.74, 6) is 0. The summed E-state index contributed by atoms with van der Waals surface area (Å²) in [6.45, 7) is 6.03. The summed E-state index contributed by atoms with van der Waals surface area (Å²) in [6, 6.07) is 17.1. The molecule has 0 saturated carbocycles. The molecule has 1 saturated heterocycles. The zero-order valence-corrected chi connectivity index (χ0v) is 16.2. The smallest absolute Gasteiger partial charge is 0.411 e. The van der Waals surface area contributed by atoms with Gasteiger partial charge in [0.1, 0.15) is 13.4 Å². The fourth-order valence-corrected chi connectivity index (χ4v) is 3.85. The molecule has 2 aromatic carbocycles. The lowest BCUT2D eigenvalue weighted by atomic mass is 9.80. The van der Waals surface area contributed by atoms with Gasteiger partial charge in [0.15, 0.2) is 0 Å². The van der Waals surface area contributed by atoms with E-state index >= 15 is 0 Å². The van der Waals surface area contributed by atoms with Crippen molar-refractivity contribution in [3.8, 4) is 0 Å². The summed E-state index contributed by atoms with van der Waals surface area (Å²) in [5.41, 5.74) is 0.839. The first kappa shape index (κ1) is 19.5. The van der Waals surface area contributed by atoms with E-state index in [4.69, 9.17) is 12.6 Å². The second-order valence-electron chi connectivity index (χ2n) is 8.00. The second kappa shape index (κ2) is 7.39. The van der Waals surface area contributed by atoms with Gasteiger partial charge in [-0.3, -0.25) is 0 Å². The molecule has 2 atom stereocenters. The SMILES string of the molecule is [B]c1ccc([C@H](C)N2CCC(CC(C)(C)O)(c3ccccc3)OC2=O)cc1. The molecule has 0 aromatic heterocycles. The first-order valence-corrected chi connectivity index (χ1v) is 9.33. The van der Waals surface area contributed by atoms with Crippen molar-refractivity contribution >= 4 is 19.4 Å². The second-order valence-corrected chi connectivity index (χ2v) is 8.00. The molecule has 1 aliphatic heterocycles. The Morgan fingerprint density at radius 2 is 1.81 bits per heavy atom. The van der Waals surface area contributed by atoms with Crippen molar-refractivity contribution in [2.75, 3.05) is 6.54 Å². The summed E-state index contributed by atoms with van der Waals surface area (Å²) in [4.78, 5) is 14.7. The zero-order valence-electron chi connectivity index (χ0n) is 16.2. The number of hydrogen-bond donors (Lipinski definition) is 1. The molecule has 0 spiro atoms. The van der Waals surface area contributed by atoms with Gasteiger partial charge in [-0.15, -0.1) is 0 Å². The molecule has 4 nitrogen and oxygen atoms in total. The number of aliphatic hydroxyl groups is 1. The van der Waals surface area contributed by atoms with Crippen LogP contribution in [0.25, 0.3) is 0 Å². The maximum atomic E-state index is 12.9. The van der Waals surface area contributed by atoms with E-state index in [2.05, 4.69) is 0 Å². The Kier molecular flexibility index (Phi) is 5.34. The van der Waals surface area contributed by atoms with Gasteiger partial charge in [-0.2, -0.15) is 0 Å². The largest absolute Gasteiger partial charge is 0.438 e. The molecule has 3 rings (SSSR count). The summed E-state index contributed by atoms with van der Waals surface area (Å²) < 4.78 is 6.02. The van der Waals surface area contributed by atoms with E-state index in [-0.39, 0.29) is 12.1 Å². The highest BCUT2D eigenvalue weighted by molar-refractivity contribution is 6.32. The van der Waals surface area contributed by atoms with Crippen LogP contribution in [0.2, 0.25) is 0 Å². The molecule has 27 heavy (non-hydrogen) atoms. The number of carbonyl (C=O) groups excluding carboxylic acids is 1. The van der Waals surface area contributed by atoms with Crippen molar-refractivity contribution in [1.82, 2.24) is 4.90 Å². The molecular formula is C22H26BNO3. The zero-order chi connectivity index (χ0) is 19.7. The van der Waals surface area contributed by atoms with Crippen molar-refractivity contribution in [1.29, 1.82) is 0 Å². The van der Waals surface area contributed by atoms with Crippen molar-refractivity contribution in [2.24, 2.45) is 0 Å². The summed E-state index contributed by atoms with van der Waals surface area (Å²) >= 11 is 0. The van der Waals surface area contributed by atoms with Crippen LogP contribution in [0.15, 0.2) is 54.6 Å². The molecule has 140 valence electrons. The molecule has 0 aliphatic carbocycles. The van der Waals surface area contributed by atoms with Gasteiger partial charge in [-0.25, -0.2) is 4.79 Å². The van der Waals surface area contributed by atoms with Gasteiger partial charge in [0.05, 0.1) is 11.6 Å². The van der Waals surface area contributed by atoms with E-state index in [9.17, 15) is 9.90 Å². The van der Waals surface area contributed by atoms with Gasteiger partial charge in [-0.05, 0) is 31.9 Å². The Balaban J connectivity index is 1.85. The topological polar surface area (TPSA) is 49.8 Å². The van der Waals surface area contributed by atoms with Crippen LogP contribution in [0.3, 0.4) is 0 Å². The van der Waals surface area contributed by atoms with Gasteiger partial charge >= 0.3 is 6.09 Å². The molecule has 1 fully saturated rings. The molecule has 1 heterocycles. The lowest BCUT2D eigenvalue weighted by molar-refractivity contribution is -0.101. The number of amides is 1. The molecule has 5 heteroatoms. The average molecular weight is 363 g/mol. The van der Waals surface area contributed by atoms with Crippen molar-refractivity contribution in [3.05, 3.63) is 65.7 Å². The van der Waals surface area contributed by atoms with Gasteiger partial charge in [0.2, 0.25) is 0 Å². The number of cyclic esters (lactones) is 1. The van der Waals surface area contributed by atoms with Crippen LogP contribution in [0.4, 0.5) is 4.79 Å². The number of ether oxygens (including phenoxy) is 1. The predicted molar refractivity (Wildman–Crippen MR) is 107 cm³/mol. The minimum Gasteiger partial charge on any atom is -0.438 e. The Bertz CT molecular complexity index is 785. The molecule has 1 unspecified atom stereocenters. The monoisotopic (exact) mass is 363 g/mol. The van der Waals surface area contributed by atoms with Gasteiger partial charge in [0.25, 0.3) is 0 Å². The predicted octanol–water partition coefficient (Wildman–Crippen LogP) is 3.44. The quantitative estimate of drug-likeness (QED) is 0.828. The number of rotatable bonds is 5. The summed E-state index contributed by atoms with van der Waals surface area (Å²) in [5, 5.41) is 10.4. The fourth-order valence-electron chi connectivity index (χ4n) is 3.85.